The zero-order valence-corrected chi connectivity index (χ0v) is 27.4. The lowest BCUT2D eigenvalue weighted by Gasteiger charge is -2.11. The van der Waals surface area contributed by atoms with Crippen molar-refractivity contribution >= 4 is 65.6 Å². The predicted molar refractivity (Wildman–Crippen MR) is 209 cm³/mol. The Morgan fingerprint density at radius 2 is 0.961 bits per heavy atom. The molecule has 4 aromatic heterocycles. The van der Waals surface area contributed by atoms with Crippen molar-refractivity contribution in [1.29, 1.82) is 0 Å². The first-order chi connectivity index (χ1) is 25.3. The fourth-order valence-electron chi connectivity index (χ4n) is 7.91. The standard InChI is InChI=1S/C46H28N4O/c1-4-14-29(15-5-1)36-27-37(30-16-6-2-7-17-30)48-46(47-36)50-38-22-12-10-20-32(38)34-26-35-43(28-41(34)50)51-42-25-24-40-44(45(35)42)33-21-11-13-23-39(33)49(40)31-18-8-3-9-19-31/h1-28H. The third-order valence-electron chi connectivity index (χ3n) is 10.1. The molecule has 0 saturated carbocycles. The van der Waals surface area contributed by atoms with Crippen LogP contribution in [-0.2, 0) is 0 Å². The molecule has 0 atom stereocenters. The number of nitrogens with zero attached hydrogens (tertiary/aromatic N) is 4. The number of benzene rings is 7. The summed E-state index contributed by atoms with van der Waals surface area (Å²) in [5.74, 6) is 0.616. The van der Waals surface area contributed by atoms with Gasteiger partial charge in [0.1, 0.15) is 11.2 Å². The zero-order valence-electron chi connectivity index (χ0n) is 27.4. The molecule has 51 heavy (non-hydrogen) atoms. The van der Waals surface area contributed by atoms with E-state index in [1.54, 1.807) is 0 Å². The van der Waals surface area contributed by atoms with Crippen molar-refractivity contribution in [3.05, 3.63) is 170 Å². The van der Waals surface area contributed by atoms with Crippen LogP contribution in [0.4, 0.5) is 0 Å². The van der Waals surface area contributed by atoms with Crippen LogP contribution in [0.25, 0.3) is 99.7 Å². The molecule has 5 heteroatoms. The second-order valence-electron chi connectivity index (χ2n) is 13.0. The predicted octanol–water partition coefficient (Wildman–Crippen LogP) is 11.9. The van der Waals surface area contributed by atoms with Crippen LogP contribution >= 0.6 is 0 Å². The van der Waals surface area contributed by atoms with Gasteiger partial charge in [0.15, 0.2) is 0 Å². The lowest BCUT2D eigenvalue weighted by atomic mass is 10.0. The normalized spacial score (nSPS) is 11.9. The first-order valence-electron chi connectivity index (χ1n) is 17.2. The lowest BCUT2D eigenvalue weighted by Crippen LogP contribution is -2.03. The minimum absolute atomic E-state index is 0.616. The van der Waals surface area contributed by atoms with E-state index in [0.717, 1.165) is 77.5 Å². The fourth-order valence-corrected chi connectivity index (χ4v) is 7.91. The molecule has 0 amide bonds. The lowest BCUT2D eigenvalue weighted by molar-refractivity contribution is 0.669. The molecule has 0 N–H and O–H groups in total. The van der Waals surface area contributed by atoms with Crippen molar-refractivity contribution < 1.29 is 4.42 Å². The molecule has 0 bridgehead atoms. The molecular weight excluding hydrogens is 625 g/mol. The van der Waals surface area contributed by atoms with Gasteiger partial charge in [-0.15, -0.1) is 0 Å². The quantitative estimate of drug-likeness (QED) is 0.190. The van der Waals surface area contributed by atoms with Crippen LogP contribution in [0.5, 0.6) is 0 Å². The third-order valence-corrected chi connectivity index (χ3v) is 10.1. The molecule has 0 aliphatic carbocycles. The van der Waals surface area contributed by atoms with Crippen LogP contribution in [-0.4, -0.2) is 19.1 Å². The first-order valence-corrected chi connectivity index (χ1v) is 17.2. The van der Waals surface area contributed by atoms with Gasteiger partial charge in [-0.3, -0.25) is 4.57 Å². The van der Waals surface area contributed by atoms with Crippen LogP contribution in [0, 0.1) is 0 Å². The average Bonchev–Trinajstić information content (AvgIpc) is 3.85. The van der Waals surface area contributed by atoms with Crippen LogP contribution in [0.1, 0.15) is 0 Å². The Labute approximate surface area is 292 Å². The maximum Gasteiger partial charge on any atom is 0.235 e. The number of furan rings is 1. The Kier molecular flexibility index (Phi) is 5.89. The second kappa shape index (κ2) is 10.8. The Morgan fingerprint density at radius 1 is 0.373 bits per heavy atom. The Morgan fingerprint density at radius 3 is 1.65 bits per heavy atom. The summed E-state index contributed by atoms with van der Waals surface area (Å²) in [5.41, 5.74) is 11.0. The maximum atomic E-state index is 6.74. The molecule has 4 heterocycles. The number of hydrogen-bond acceptors (Lipinski definition) is 3. The van der Waals surface area contributed by atoms with E-state index in [-0.39, 0.29) is 0 Å². The number of para-hydroxylation sites is 3. The van der Waals surface area contributed by atoms with Gasteiger partial charge in [0.25, 0.3) is 0 Å². The van der Waals surface area contributed by atoms with E-state index < -0.39 is 0 Å². The highest BCUT2D eigenvalue weighted by molar-refractivity contribution is 6.29. The van der Waals surface area contributed by atoms with Gasteiger partial charge in [0.2, 0.25) is 5.95 Å². The molecule has 0 unspecified atom stereocenters. The summed E-state index contributed by atoms with van der Waals surface area (Å²) in [5, 5.41) is 6.87. The average molecular weight is 653 g/mol. The monoisotopic (exact) mass is 652 g/mol. The van der Waals surface area contributed by atoms with Crippen molar-refractivity contribution in [2.75, 3.05) is 0 Å². The smallest absolute Gasteiger partial charge is 0.235 e. The summed E-state index contributed by atoms with van der Waals surface area (Å²) >= 11 is 0. The van der Waals surface area contributed by atoms with Gasteiger partial charge >= 0.3 is 0 Å². The molecule has 0 radical (unpaired) electrons. The van der Waals surface area contributed by atoms with E-state index in [4.69, 9.17) is 14.4 Å². The summed E-state index contributed by atoms with van der Waals surface area (Å²) < 4.78 is 11.3. The Hall–Kier alpha value is -6.98. The van der Waals surface area contributed by atoms with E-state index in [0.29, 0.717) is 5.95 Å². The fraction of sp³-hybridized carbons (Fsp3) is 0. The van der Waals surface area contributed by atoms with Crippen molar-refractivity contribution in [3.63, 3.8) is 0 Å². The molecule has 0 spiro atoms. The third kappa shape index (κ3) is 4.15. The number of fused-ring (bicyclic) bond motifs is 10. The second-order valence-corrected chi connectivity index (χ2v) is 13.0. The maximum absolute atomic E-state index is 6.74. The Bertz CT molecular complexity index is 3060. The molecule has 0 aliphatic rings. The highest BCUT2D eigenvalue weighted by Crippen LogP contribution is 2.44. The van der Waals surface area contributed by atoms with Gasteiger partial charge in [-0.2, -0.15) is 0 Å². The molecule has 11 rings (SSSR count). The zero-order chi connectivity index (χ0) is 33.5. The SMILES string of the molecule is c1ccc(-c2cc(-c3ccccc3)nc(-n3c4ccccc4c4cc5c(cc43)oc3ccc4c(c6ccccc6n4-c4ccccc4)c35)n2)cc1. The van der Waals surface area contributed by atoms with E-state index >= 15 is 0 Å². The molecule has 0 fully saturated rings. The summed E-state index contributed by atoms with van der Waals surface area (Å²) in [6, 6.07) is 59.3. The van der Waals surface area contributed by atoms with Crippen LogP contribution in [0.2, 0.25) is 0 Å². The molecule has 0 aliphatic heterocycles. The van der Waals surface area contributed by atoms with Crippen LogP contribution in [0.3, 0.4) is 0 Å². The molecule has 0 saturated heterocycles. The summed E-state index contributed by atoms with van der Waals surface area (Å²) in [7, 11) is 0. The molecule has 7 aromatic carbocycles. The molecular formula is C46H28N4O. The van der Waals surface area contributed by atoms with E-state index in [2.05, 4.69) is 143 Å². The first kappa shape index (κ1) is 27.9. The highest BCUT2D eigenvalue weighted by atomic mass is 16.3. The molecule has 5 nitrogen and oxygen atoms in total. The van der Waals surface area contributed by atoms with Crippen molar-refractivity contribution in [1.82, 2.24) is 19.1 Å². The van der Waals surface area contributed by atoms with Crippen LogP contribution < -0.4 is 0 Å². The highest BCUT2D eigenvalue weighted by Gasteiger charge is 2.22. The number of aromatic nitrogens is 4. The topological polar surface area (TPSA) is 48.8 Å². The van der Waals surface area contributed by atoms with Gasteiger partial charge < -0.3 is 8.98 Å². The van der Waals surface area contributed by atoms with Crippen molar-refractivity contribution in [2.45, 2.75) is 0 Å². The van der Waals surface area contributed by atoms with E-state index in [1.807, 2.05) is 36.4 Å². The molecule has 238 valence electrons. The van der Waals surface area contributed by atoms with Gasteiger partial charge in [-0.1, -0.05) is 115 Å². The molecule has 11 aromatic rings. The minimum Gasteiger partial charge on any atom is -0.456 e. The Balaban J connectivity index is 1.23. The van der Waals surface area contributed by atoms with Crippen molar-refractivity contribution in [3.8, 4) is 34.2 Å². The number of rotatable bonds is 4. The summed E-state index contributed by atoms with van der Waals surface area (Å²) in [6.45, 7) is 0. The van der Waals surface area contributed by atoms with Crippen molar-refractivity contribution in [2.24, 2.45) is 0 Å². The minimum atomic E-state index is 0.616. The largest absolute Gasteiger partial charge is 0.456 e. The summed E-state index contributed by atoms with van der Waals surface area (Å²) in [4.78, 5) is 10.4. The van der Waals surface area contributed by atoms with E-state index in [1.165, 1.54) is 16.3 Å². The summed E-state index contributed by atoms with van der Waals surface area (Å²) in [6.07, 6.45) is 0. The van der Waals surface area contributed by atoms with E-state index in [9.17, 15) is 0 Å². The van der Waals surface area contributed by atoms with Crippen LogP contribution in [0.15, 0.2) is 174 Å². The van der Waals surface area contributed by atoms with Gasteiger partial charge in [0, 0.05) is 55.2 Å². The van der Waals surface area contributed by atoms with Gasteiger partial charge in [-0.05, 0) is 48.5 Å². The number of hydrogen-bond donors (Lipinski definition) is 0. The van der Waals surface area contributed by atoms with Gasteiger partial charge in [-0.25, -0.2) is 9.97 Å². The van der Waals surface area contributed by atoms with Gasteiger partial charge in [0.05, 0.1) is 33.5 Å².